The van der Waals surface area contributed by atoms with Crippen LogP contribution in [0.15, 0.2) is 47.4 Å². The van der Waals surface area contributed by atoms with Crippen LogP contribution in [0.4, 0.5) is 0 Å². The summed E-state index contributed by atoms with van der Waals surface area (Å²) in [5, 5.41) is 0.722. The summed E-state index contributed by atoms with van der Waals surface area (Å²) in [5.74, 6) is -0.123. The number of halogens is 1. The van der Waals surface area contributed by atoms with Crippen molar-refractivity contribution in [3.8, 4) is 0 Å². The summed E-state index contributed by atoms with van der Waals surface area (Å²) in [6.07, 6.45) is 0. The Morgan fingerprint density at radius 3 is 2.19 bits per heavy atom. The normalized spacial score (nSPS) is 15.5. The quantitative estimate of drug-likeness (QED) is 0.629. The van der Waals surface area contributed by atoms with Crippen molar-refractivity contribution in [2.45, 2.75) is 32.2 Å². The van der Waals surface area contributed by atoms with E-state index in [0.717, 1.165) is 24.7 Å². The van der Waals surface area contributed by atoms with E-state index in [2.05, 4.69) is 4.90 Å². The molecule has 0 aliphatic carbocycles. The minimum Gasteiger partial charge on any atom is -0.336 e. The van der Waals surface area contributed by atoms with Gasteiger partial charge in [0.1, 0.15) is 0 Å². The van der Waals surface area contributed by atoms with Crippen LogP contribution in [0.3, 0.4) is 0 Å². The molecule has 2 aromatic rings. The lowest BCUT2D eigenvalue weighted by Gasteiger charge is -2.35. The Kier molecular flexibility index (Phi) is 7.75. The number of carbonyl (C=O) groups excluding carboxylic acids is 1. The summed E-state index contributed by atoms with van der Waals surface area (Å²) in [4.78, 5) is 17.4. The van der Waals surface area contributed by atoms with Crippen LogP contribution < -0.4 is 0 Å². The van der Waals surface area contributed by atoms with E-state index in [0.29, 0.717) is 37.3 Å². The Morgan fingerprint density at radius 2 is 1.61 bits per heavy atom. The predicted octanol–water partition coefficient (Wildman–Crippen LogP) is 3.64. The van der Waals surface area contributed by atoms with Crippen LogP contribution in [0.5, 0.6) is 0 Å². The number of benzene rings is 2. The second kappa shape index (κ2) is 10.1. The zero-order chi connectivity index (χ0) is 22.6. The minimum absolute atomic E-state index is 0.123. The molecule has 168 valence electrons. The van der Waals surface area contributed by atoms with Crippen LogP contribution in [0.25, 0.3) is 0 Å². The van der Waals surface area contributed by atoms with Gasteiger partial charge < -0.3 is 4.90 Å². The first-order valence-corrected chi connectivity index (χ1v) is 12.4. The molecule has 0 saturated carbocycles. The molecule has 0 bridgehead atoms. The van der Waals surface area contributed by atoms with Gasteiger partial charge in [0.05, 0.1) is 4.90 Å². The monoisotopic (exact) mass is 463 g/mol. The molecule has 1 saturated heterocycles. The third-order valence-corrected chi connectivity index (χ3v) is 8.18. The Bertz CT molecular complexity index is 1010. The lowest BCUT2D eigenvalue weighted by Crippen LogP contribution is -2.48. The molecule has 31 heavy (non-hydrogen) atoms. The van der Waals surface area contributed by atoms with Gasteiger partial charge in [-0.1, -0.05) is 43.6 Å². The third-order valence-electron chi connectivity index (χ3n) is 5.74. The van der Waals surface area contributed by atoms with E-state index < -0.39 is 10.0 Å². The third kappa shape index (κ3) is 5.47. The van der Waals surface area contributed by atoms with Crippen LogP contribution in [0.2, 0.25) is 5.02 Å². The Hall–Kier alpha value is -1.93. The Labute approximate surface area is 190 Å². The number of rotatable bonds is 7. The van der Waals surface area contributed by atoms with Crippen molar-refractivity contribution in [1.29, 1.82) is 0 Å². The first-order chi connectivity index (χ1) is 14.8. The number of amides is 1. The van der Waals surface area contributed by atoms with E-state index >= 15 is 0 Å². The summed E-state index contributed by atoms with van der Waals surface area (Å²) in [5.41, 5.74) is 2.26. The van der Waals surface area contributed by atoms with Gasteiger partial charge in [-0.05, 0) is 42.3 Å². The smallest absolute Gasteiger partial charge is 0.253 e. The van der Waals surface area contributed by atoms with Crippen molar-refractivity contribution in [3.63, 3.8) is 0 Å². The second-order valence-electron chi connectivity index (χ2n) is 7.76. The molecule has 0 atom stereocenters. The molecule has 0 N–H and O–H groups in total. The van der Waals surface area contributed by atoms with Gasteiger partial charge in [-0.15, -0.1) is 0 Å². The van der Waals surface area contributed by atoms with Crippen molar-refractivity contribution in [2.24, 2.45) is 0 Å². The molecule has 1 fully saturated rings. The van der Waals surface area contributed by atoms with Gasteiger partial charge in [0.15, 0.2) is 0 Å². The summed E-state index contributed by atoms with van der Waals surface area (Å²) in [7, 11) is -3.62. The molecule has 1 heterocycles. The molecular weight excluding hydrogens is 434 g/mol. The van der Waals surface area contributed by atoms with Crippen molar-refractivity contribution in [1.82, 2.24) is 14.1 Å². The van der Waals surface area contributed by atoms with Crippen LogP contribution in [0.1, 0.15) is 35.3 Å². The lowest BCUT2D eigenvalue weighted by atomic mass is 10.1. The zero-order valence-electron chi connectivity index (χ0n) is 18.3. The van der Waals surface area contributed by atoms with Gasteiger partial charge in [-0.25, -0.2) is 8.42 Å². The highest BCUT2D eigenvalue weighted by molar-refractivity contribution is 7.89. The van der Waals surface area contributed by atoms with Gasteiger partial charge in [-0.3, -0.25) is 9.69 Å². The largest absolute Gasteiger partial charge is 0.336 e. The van der Waals surface area contributed by atoms with Crippen LogP contribution in [-0.2, 0) is 16.6 Å². The van der Waals surface area contributed by atoms with Gasteiger partial charge in [-0.2, -0.15) is 4.31 Å². The molecule has 0 unspecified atom stereocenters. The molecule has 3 rings (SSSR count). The van der Waals surface area contributed by atoms with Crippen LogP contribution >= 0.6 is 11.6 Å². The Balaban J connectivity index is 1.69. The van der Waals surface area contributed by atoms with Gasteiger partial charge in [0, 0.05) is 56.4 Å². The van der Waals surface area contributed by atoms with E-state index in [4.69, 9.17) is 11.6 Å². The molecule has 1 amide bonds. The molecule has 6 nitrogen and oxygen atoms in total. The molecule has 0 spiro atoms. The summed E-state index contributed by atoms with van der Waals surface area (Å²) >= 11 is 5.95. The van der Waals surface area contributed by atoms with E-state index in [1.165, 1.54) is 15.9 Å². The number of carbonyl (C=O) groups is 1. The summed E-state index contributed by atoms with van der Waals surface area (Å²) in [6, 6.07) is 12.8. The first-order valence-electron chi connectivity index (χ1n) is 10.6. The van der Waals surface area contributed by atoms with E-state index in [1.807, 2.05) is 38.1 Å². The number of hydrogen-bond acceptors (Lipinski definition) is 4. The molecule has 8 heteroatoms. The number of hydrogen-bond donors (Lipinski definition) is 0. The fourth-order valence-electron chi connectivity index (χ4n) is 3.85. The van der Waals surface area contributed by atoms with Crippen molar-refractivity contribution in [3.05, 3.63) is 64.2 Å². The average Bonchev–Trinajstić information content (AvgIpc) is 2.76. The SMILES string of the molecule is CCN(CC)S(=O)(=O)c1cc(C(=O)N2CCN(Cc3ccc(Cl)cc3)CC2)ccc1C. The fraction of sp³-hybridized carbons (Fsp3) is 0.435. The van der Waals surface area contributed by atoms with E-state index in [9.17, 15) is 13.2 Å². The zero-order valence-corrected chi connectivity index (χ0v) is 19.9. The average molecular weight is 464 g/mol. The number of nitrogens with zero attached hydrogens (tertiary/aromatic N) is 3. The van der Waals surface area contributed by atoms with Crippen LogP contribution in [-0.4, -0.2) is 67.7 Å². The fourth-order valence-corrected chi connectivity index (χ4v) is 5.69. The van der Waals surface area contributed by atoms with E-state index in [1.54, 1.807) is 24.0 Å². The maximum Gasteiger partial charge on any atom is 0.253 e. The second-order valence-corrected chi connectivity index (χ2v) is 10.1. The van der Waals surface area contributed by atoms with Crippen LogP contribution in [0, 0.1) is 6.92 Å². The van der Waals surface area contributed by atoms with E-state index in [-0.39, 0.29) is 10.8 Å². The summed E-state index contributed by atoms with van der Waals surface area (Å²) in [6.45, 7) is 9.75. The van der Waals surface area contributed by atoms with Crippen molar-refractivity contribution in [2.75, 3.05) is 39.3 Å². The number of sulfonamides is 1. The highest BCUT2D eigenvalue weighted by Gasteiger charge is 2.27. The molecule has 1 aliphatic heterocycles. The van der Waals surface area contributed by atoms with Gasteiger partial charge in [0.2, 0.25) is 10.0 Å². The van der Waals surface area contributed by atoms with Gasteiger partial charge >= 0.3 is 0 Å². The number of piperazine rings is 1. The van der Waals surface area contributed by atoms with Gasteiger partial charge in [0.25, 0.3) is 5.91 Å². The number of aryl methyl sites for hydroxylation is 1. The molecular formula is C23H30ClN3O3S. The topological polar surface area (TPSA) is 60.9 Å². The highest BCUT2D eigenvalue weighted by Crippen LogP contribution is 2.23. The molecule has 1 aliphatic rings. The maximum absolute atomic E-state index is 13.1. The predicted molar refractivity (Wildman–Crippen MR) is 124 cm³/mol. The molecule has 0 radical (unpaired) electrons. The molecule has 0 aromatic heterocycles. The standard InChI is InChI=1S/C23H30ClN3O3S/c1-4-27(5-2)31(29,30)22-16-20(9-6-18(22)3)23(28)26-14-12-25(13-15-26)17-19-7-10-21(24)11-8-19/h6-11,16H,4-5,12-15,17H2,1-3H3. The maximum atomic E-state index is 13.1. The lowest BCUT2D eigenvalue weighted by molar-refractivity contribution is 0.0628. The first kappa shape index (κ1) is 23.7. The van der Waals surface area contributed by atoms with Crippen molar-refractivity contribution >= 4 is 27.5 Å². The minimum atomic E-state index is -3.62. The van der Waals surface area contributed by atoms with Crippen molar-refractivity contribution < 1.29 is 13.2 Å². The Morgan fingerprint density at radius 1 is 1.00 bits per heavy atom. The summed E-state index contributed by atoms with van der Waals surface area (Å²) < 4.78 is 27.4. The highest BCUT2D eigenvalue weighted by atomic mass is 35.5. The molecule has 2 aromatic carbocycles.